The smallest absolute Gasteiger partial charge is 0.190 e. The van der Waals surface area contributed by atoms with E-state index in [-0.39, 0.29) is 5.12 Å². The van der Waals surface area contributed by atoms with E-state index < -0.39 is 0 Å². The van der Waals surface area contributed by atoms with Crippen LogP contribution in [0, 0.1) is 6.92 Å². The maximum atomic E-state index is 10.8. The zero-order valence-electron chi connectivity index (χ0n) is 7.53. The summed E-state index contributed by atoms with van der Waals surface area (Å²) in [6.07, 6.45) is 0.769. The van der Waals surface area contributed by atoms with E-state index in [1.165, 1.54) is 6.92 Å². The van der Waals surface area contributed by atoms with Crippen LogP contribution in [-0.4, -0.2) is 11.4 Å². The number of carbonyl (C=O) groups excluding carboxylic acids is 2. The number of benzene rings is 1. The van der Waals surface area contributed by atoms with Crippen molar-refractivity contribution in [1.29, 1.82) is 0 Å². The standard InChI is InChI=1S/C10H10O2S/c1-7-3-4-9(6-11)10(5-7)13-8(2)12/h3-6H,1-2H3. The van der Waals surface area contributed by atoms with Crippen molar-refractivity contribution in [2.45, 2.75) is 18.7 Å². The van der Waals surface area contributed by atoms with Gasteiger partial charge in [0.25, 0.3) is 0 Å². The summed E-state index contributed by atoms with van der Waals surface area (Å²) in [5, 5.41) is -0.00583. The van der Waals surface area contributed by atoms with Crippen molar-refractivity contribution < 1.29 is 9.59 Å². The second kappa shape index (κ2) is 4.23. The van der Waals surface area contributed by atoms with E-state index in [1.54, 1.807) is 6.07 Å². The SMILES string of the molecule is CC(=O)Sc1cc(C)ccc1C=O. The van der Waals surface area contributed by atoms with Gasteiger partial charge in [0.15, 0.2) is 11.4 Å². The molecule has 1 aromatic carbocycles. The second-order valence-electron chi connectivity index (χ2n) is 2.75. The third kappa shape index (κ3) is 2.70. The lowest BCUT2D eigenvalue weighted by molar-refractivity contribution is -0.109. The topological polar surface area (TPSA) is 34.1 Å². The minimum absolute atomic E-state index is 0.00583. The minimum atomic E-state index is -0.00583. The molecule has 0 unspecified atom stereocenters. The van der Waals surface area contributed by atoms with Gasteiger partial charge < -0.3 is 0 Å². The number of hydrogen-bond acceptors (Lipinski definition) is 3. The van der Waals surface area contributed by atoms with E-state index in [4.69, 9.17) is 0 Å². The predicted octanol–water partition coefficient (Wildman–Crippen LogP) is 2.45. The third-order valence-electron chi connectivity index (χ3n) is 1.55. The summed E-state index contributed by atoms with van der Waals surface area (Å²) in [4.78, 5) is 22.2. The Bertz CT molecular complexity index is 345. The van der Waals surface area contributed by atoms with Crippen LogP contribution in [0.25, 0.3) is 0 Å². The highest BCUT2D eigenvalue weighted by molar-refractivity contribution is 8.13. The van der Waals surface area contributed by atoms with E-state index >= 15 is 0 Å². The molecule has 0 aliphatic carbocycles. The maximum Gasteiger partial charge on any atom is 0.190 e. The molecule has 0 spiro atoms. The number of aryl methyl sites for hydroxylation is 1. The van der Waals surface area contributed by atoms with Gasteiger partial charge in [-0.2, -0.15) is 0 Å². The van der Waals surface area contributed by atoms with Crippen LogP contribution in [0.4, 0.5) is 0 Å². The number of rotatable bonds is 2. The van der Waals surface area contributed by atoms with Crippen LogP contribution in [0.1, 0.15) is 22.8 Å². The quantitative estimate of drug-likeness (QED) is 0.535. The Morgan fingerprint density at radius 2 is 2.15 bits per heavy atom. The predicted molar refractivity (Wildman–Crippen MR) is 53.1 cm³/mol. The Morgan fingerprint density at radius 1 is 1.46 bits per heavy atom. The Balaban J connectivity index is 3.07. The average molecular weight is 194 g/mol. The molecule has 0 aliphatic rings. The molecule has 0 N–H and O–H groups in total. The summed E-state index contributed by atoms with van der Waals surface area (Å²) >= 11 is 1.09. The van der Waals surface area contributed by atoms with Crippen molar-refractivity contribution in [3.05, 3.63) is 29.3 Å². The highest BCUT2D eigenvalue weighted by Crippen LogP contribution is 2.23. The average Bonchev–Trinajstić information content (AvgIpc) is 2.03. The van der Waals surface area contributed by atoms with Crippen molar-refractivity contribution in [3.8, 4) is 0 Å². The molecule has 68 valence electrons. The van der Waals surface area contributed by atoms with Gasteiger partial charge in [0.1, 0.15) is 0 Å². The van der Waals surface area contributed by atoms with Crippen molar-refractivity contribution in [3.63, 3.8) is 0 Å². The summed E-state index contributed by atoms with van der Waals surface area (Å²) in [6.45, 7) is 3.42. The third-order valence-corrected chi connectivity index (χ3v) is 2.41. The van der Waals surface area contributed by atoms with Gasteiger partial charge >= 0.3 is 0 Å². The first kappa shape index (κ1) is 9.99. The molecule has 0 radical (unpaired) electrons. The summed E-state index contributed by atoms with van der Waals surface area (Å²) in [7, 11) is 0. The first-order chi connectivity index (χ1) is 6.13. The summed E-state index contributed by atoms with van der Waals surface area (Å²) < 4.78 is 0. The number of thioether (sulfide) groups is 1. The van der Waals surface area contributed by atoms with E-state index in [9.17, 15) is 9.59 Å². The minimum Gasteiger partial charge on any atom is -0.298 e. The highest BCUT2D eigenvalue weighted by atomic mass is 32.2. The molecular weight excluding hydrogens is 184 g/mol. The molecule has 0 bridgehead atoms. The molecule has 2 nitrogen and oxygen atoms in total. The molecule has 0 heterocycles. The van der Waals surface area contributed by atoms with Crippen LogP contribution in [-0.2, 0) is 4.79 Å². The molecule has 0 aliphatic heterocycles. The van der Waals surface area contributed by atoms with E-state index in [0.29, 0.717) is 5.56 Å². The van der Waals surface area contributed by atoms with Gasteiger partial charge in [-0.25, -0.2) is 0 Å². The molecule has 1 aromatic rings. The van der Waals surface area contributed by atoms with E-state index in [1.807, 2.05) is 19.1 Å². The zero-order chi connectivity index (χ0) is 9.84. The maximum absolute atomic E-state index is 10.8. The van der Waals surface area contributed by atoms with Crippen molar-refractivity contribution in [2.75, 3.05) is 0 Å². The molecule has 0 atom stereocenters. The van der Waals surface area contributed by atoms with Crippen LogP contribution >= 0.6 is 11.8 Å². The van der Waals surface area contributed by atoms with Crippen molar-refractivity contribution >= 4 is 23.2 Å². The zero-order valence-corrected chi connectivity index (χ0v) is 8.35. The number of carbonyl (C=O) groups is 2. The fourth-order valence-corrected chi connectivity index (χ4v) is 1.77. The Morgan fingerprint density at radius 3 is 2.69 bits per heavy atom. The lowest BCUT2D eigenvalue weighted by atomic mass is 10.2. The first-order valence-electron chi connectivity index (χ1n) is 3.87. The van der Waals surface area contributed by atoms with E-state index in [0.717, 1.165) is 28.5 Å². The number of hydrogen-bond donors (Lipinski definition) is 0. The highest BCUT2D eigenvalue weighted by Gasteiger charge is 2.04. The first-order valence-corrected chi connectivity index (χ1v) is 4.69. The molecule has 0 saturated heterocycles. The molecule has 0 amide bonds. The monoisotopic (exact) mass is 194 g/mol. The Hall–Kier alpha value is -1.09. The van der Waals surface area contributed by atoms with Gasteiger partial charge in [-0.05, 0) is 18.6 Å². The van der Waals surface area contributed by atoms with E-state index in [2.05, 4.69) is 0 Å². The molecular formula is C10H10O2S. The van der Waals surface area contributed by atoms with Crippen LogP contribution in [0.15, 0.2) is 23.1 Å². The fraction of sp³-hybridized carbons (Fsp3) is 0.200. The van der Waals surface area contributed by atoms with Gasteiger partial charge in [-0.3, -0.25) is 9.59 Å². The number of aldehydes is 1. The van der Waals surface area contributed by atoms with Gasteiger partial charge in [-0.15, -0.1) is 0 Å². The van der Waals surface area contributed by atoms with Gasteiger partial charge in [0, 0.05) is 17.4 Å². The fourth-order valence-electron chi connectivity index (χ4n) is 0.982. The summed E-state index contributed by atoms with van der Waals surface area (Å²) in [5.41, 5.74) is 1.63. The molecule has 1 rings (SSSR count). The van der Waals surface area contributed by atoms with Crippen molar-refractivity contribution in [2.24, 2.45) is 0 Å². The molecule has 0 fully saturated rings. The second-order valence-corrected chi connectivity index (χ2v) is 3.97. The largest absolute Gasteiger partial charge is 0.298 e. The molecule has 0 saturated carbocycles. The van der Waals surface area contributed by atoms with Crippen molar-refractivity contribution in [1.82, 2.24) is 0 Å². The Labute approximate surface area is 81.3 Å². The Kier molecular flexibility index (Phi) is 3.25. The lowest BCUT2D eigenvalue weighted by Gasteiger charge is -2.02. The molecule has 3 heteroatoms. The van der Waals surface area contributed by atoms with Crippen LogP contribution in [0.2, 0.25) is 0 Å². The molecule has 13 heavy (non-hydrogen) atoms. The van der Waals surface area contributed by atoms with Crippen LogP contribution in [0.3, 0.4) is 0 Å². The van der Waals surface area contributed by atoms with Gasteiger partial charge in [0.2, 0.25) is 0 Å². The van der Waals surface area contributed by atoms with Gasteiger partial charge in [-0.1, -0.05) is 23.9 Å². The van der Waals surface area contributed by atoms with Gasteiger partial charge in [0.05, 0.1) is 0 Å². The summed E-state index contributed by atoms with van der Waals surface area (Å²) in [5.74, 6) is 0. The van der Waals surface area contributed by atoms with Crippen LogP contribution < -0.4 is 0 Å². The van der Waals surface area contributed by atoms with Crippen LogP contribution in [0.5, 0.6) is 0 Å². The lowest BCUT2D eigenvalue weighted by Crippen LogP contribution is -1.89. The molecule has 0 aromatic heterocycles. The summed E-state index contributed by atoms with van der Waals surface area (Å²) in [6, 6.07) is 5.43. The normalized spacial score (nSPS) is 9.69.